The second-order valence-corrected chi connectivity index (χ2v) is 5.86. The lowest BCUT2D eigenvalue weighted by molar-refractivity contribution is 0.102. The molecule has 0 spiro atoms. The third kappa shape index (κ3) is 5.54. The fourth-order valence-corrected chi connectivity index (χ4v) is 2.25. The number of nitrogens with one attached hydrogen (secondary N) is 2. The highest BCUT2D eigenvalue weighted by molar-refractivity contribution is 6.34. The van der Waals surface area contributed by atoms with Gasteiger partial charge in [-0.1, -0.05) is 23.7 Å². The van der Waals surface area contributed by atoms with Gasteiger partial charge >= 0.3 is 0 Å². The average Bonchev–Trinajstić information content (AvgIpc) is 2.53. The summed E-state index contributed by atoms with van der Waals surface area (Å²) in [6.45, 7) is 1.88. The van der Waals surface area contributed by atoms with Crippen LogP contribution in [0.4, 0.5) is 11.5 Å². The number of hydrogen-bond acceptors (Lipinski definition) is 4. The first-order chi connectivity index (χ1) is 11.1. The molecule has 23 heavy (non-hydrogen) atoms. The molecule has 0 saturated carbocycles. The van der Waals surface area contributed by atoms with Gasteiger partial charge in [0.25, 0.3) is 5.91 Å². The lowest BCUT2D eigenvalue weighted by atomic mass is 10.2. The van der Waals surface area contributed by atoms with E-state index in [2.05, 4.69) is 34.6 Å². The normalized spacial score (nSPS) is 10.6. The standard InChI is InChI=1S/C17H21ClN4O/c1-22(2)11-5-10-19-16-9-8-13(12-20-16)21-17(23)14-6-3-4-7-15(14)18/h3-4,6-9,12H,5,10-11H2,1-2H3,(H,19,20)(H,21,23). The maximum atomic E-state index is 12.2. The van der Waals surface area contributed by atoms with Crippen molar-refractivity contribution in [1.82, 2.24) is 9.88 Å². The molecule has 0 aliphatic carbocycles. The van der Waals surface area contributed by atoms with Gasteiger partial charge in [-0.3, -0.25) is 4.79 Å². The van der Waals surface area contributed by atoms with Gasteiger partial charge in [-0.05, 0) is 51.3 Å². The number of hydrogen-bond donors (Lipinski definition) is 2. The summed E-state index contributed by atoms with van der Waals surface area (Å²) >= 11 is 6.01. The van der Waals surface area contributed by atoms with Crippen LogP contribution in [0.2, 0.25) is 5.02 Å². The van der Waals surface area contributed by atoms with Crippen molar-refractivity contribution in [2.45, 2.75) is 6.42 Å². The van der Waals surface area contributed by atoms with Gasteiger partial charge in [-0.15, -0.1) is 0 Å². The number of carbonyl (C=O) groups is 1. The van der Waals surface area contributed by atoms with Crippen molar-refractivity contribution in [3.8, 4) is 0 Å². The van der Waals surface area contributed by atoms with Crippen molar-refractivity contribution in [1.29, 1.82) is 0 Å². The Hall–Kier alpha value is -2.11. The van der Waals surface area contributed by atoms with Crippen LogP contribution in [0.15, 0.2) is 42.6 Å². The second-order valence-electron chi connectivity index (χ2n) is 5.45. The predicted octanol–water partition coefficient (Wildman–Crippen LogP) is 3.35. The Kier molecular flexibility index (Phi) is 6.38. The van der Waals surface area contributed by atoms with E-state index in [4.69, 9.17) is 11.6 Å². The van der Waals surface area contributed by atoms with Gasteiger partial charge in [-0.2, -0.15) is 0 Å². The number of halogens is 1. The van der Waals surface area contributed by atoms with E-state index in [9.17, 15) is 4.79 Å². The number of nitrogens with zero attached hydrogens (tertiary/aromatic N) is 2. The molecular formula is C17H21ClN4O. The molecule has 2 N–H and O–H groups in total. The molecule has 0 aliphatic heterocycles. The van der Waals surface area contributed by atoms with Crippen LogP contribution in [0.5, 0.6) is 0 Å². The van der Waals surface area contributed by atoms with Crippen LogP contribution in [0.3, 0.4) is 0 Å². The van der Waals surface area contributed by atoms with Gasteiger partial charge in [-0.25, -0.2) is 4.98 Å². The Morgan fingerprint density at radius 1 is 1.22 bits per heavy atom. The summed E-state index contributed by atoms with van der Waals surface area (Å²) in [5, 5.41) is 6.47. The molecule has 0 aliphatic rings. The number of carbonyl (C=O) groups excluding carboxylic acids is 1. The van der Waals surface area contributed by atoms with E-state index < -0.39 is 0 Å². The van der Waals surface area contributed by atoms with Crippen LogP contribution >= 0.6 is 11.6 Å². The smallest absolute Gasteiger partial charge is 0.257 e. The SMILES string of the molecule is CN(C)CCCNc1ccc(NC(=O)c2ccccc2Cl)cn1. The van der Waals surface area contributed by atoms with Gasteiger partial charge < -0.3 is 15.5 Å². The number of benzene rings is 1. The number of amides is 1. The Morgan fingerprint density at radius 2 is 2.00 bits per heavy atom. The minimum atomic E-state index is -0.246. The third-order valence-electron chi connectivity index (χ3n) is 3.23. The van der Waals surface area contributed by atoms with Crippen molar-refractivity contribution < 1.29 is 4.79 Å². The average molecular weight is 333 g/mol. The molecule has 1 heterocycles. The van der Waals surface area contributed by atoms with Crippen LogP contribution in [0.1, 0.15) is 16.8 Å². The van der Waals surface area contributed by atoms with E-state index in [1.807, 2.05) is 12.1 Å². The number of anilines is 2. The van der Waals surface area contributed by atoms with Crippen molar-refractivity contribution in [2.24, 2.45) is 0 Å². The molecule has 0 unspecified atom stereocenters. The van der Waals surface area contributed by atoms with Crippen LogP contribution in [-0.2, 0) is 0 Å². The summed E-state index contributed by atoms with van der Waals surface area (Å²) < 4.78 is 0. The molecule has 5 nitrogen and oxygen atoms in total. The predicted molar refractivity (Wildman–Crippen MR) is 95.3 cm³/mol. The van der Waals surface area contributed by atoms with E-state index in [1.165, 1.54) is 0 Å². The summed E-state index contributed by atoms with van der Waals surface area (Å²) in [6, 6.07) is 10.6. The first-order valence-corrected chi connectivity index (χ1v) is 7.84. The maximum Gasteiger partial charge on any atom is 0.257 e. The lowest BCUT2D eigenvalue weighted by Crippen LogP contribution is -2.16. The fraction of sp³-hybridized carbons (Fsp3) is 0.294. The Balaban J connectivity index is 1.87. The summed E-state index contributed by atoms with van der Waals surface area (Å²) in [5.74, 6) is 0.545. The maximum absolute atomic E-state index is 12.2. The molecule has 6 heteroatoms. The third-order valence-corrected chi connectivity index (χ3v) is 3.56. The van der Waals surface area contributed by atoms with E-state index in [1.54, 1.807) is 30.5 Å². The van der Waals surface area contributed by atoms with Crippen molar-refractivity contribution in [2.75, 3.05) is 37.8 Å². The molecule has 1 amide bonds. The molecule has 0 fully saturated rings. The molecule has 0 atom stereocenters. The number of pyridine rings is 1. The minimum Gasteiger partial charge on any atom is -0.370 e. The first kappa shape index (κ1) is 17.2. The molecule has 2 aromatic rings. The zero-order valence-corrected chi connectivity index (χ0v) is 14.1. The van der Waals surface area contributed by atoms with Gasteiger partial charge in [0.2, 0.25) is 0 Å². The Bertz CT molecular complexity index is 643. The molecule has 0 radical (unpaired) electrons. The fourth-order valence-electron chi connectivity index (χ4n) is 2.03. The molecule has 2 rings (SSSR count). The van der Waals surface area contributed by atoms with Crippen molar-refractivity contribution in [3.05, 3.63) is 53.2 Å². The largest absolute Gasteiger partial charge is 0.370 e. The molecular weight excluding hydrogens is 312 g/mol. The Morgan fingerprint density at radius 3 is 2.65 bits per heavy atom. The lowest BCUT2D eigenvalue weighted by Gasteiger charge is -2.11. The molecule has 122 valence electrons. The molecule has 1 aromatic heterocycles. The highest BCUT2D eigenvalue weighted by Gasteiger charge is 2.09. The second kappa shape index (κ2) is 8.50. The van der Waals surface area contributed by atoms with E-state index in [0.717, 1.165) is 25.3 Å². The van der Waals surface area contributed by atoms with Gasteiger partial charge in [0.1, 0.15) is 5.82 Å². The topological polar surface area (TPSA) is 57.3 Å². The van der Waals surface area contributed by atoms with Crippen molar-refractivity contribution in [3.63, 3.8) is 0 Å². The van der Waals surface area contributed by atoms with Crippen LogP contribution in [0, 0.1) is 0 Å². The van der Waals surface area contributed by atoms with Crippen LogP contribution in [0.25, 0.3) is 0 Å². The van der Waals surface area contributed by atoms with Crippen molar-refractivity contribution >= 4 is 29.0 Å². The first-order valence-electron chi connectivity index (χ1n) is 7.47. The summed E-state index contributed by atoms with van der Waals surface area (Å²) in [7, 11) is 4.10. The van der Waals surface area contributed by atoms with Gasteiger partial charge in [0, 0.05) is 6.54 Å². The number of aromatic nitrogens is 1. The molecule has 1 aromatic carbocycles. The highest BCUT2D eigenvalue weighted by atomic mass is 35.5. The summed E-state index contributed by atoms with van der Waals surface area (Å²) in [5.41, 5.74) is 1.08. The highest BCUT2D eigenvalue weighted by Crippen LogP contribution is 2.17. The number of rotatable bonds is 7. The summed E-state index contributed by atoms with van der Waals surface area (Å²) in [4.78, 5) is 18.6. The van der Waals surface area contributed by atoms with Gasteiger partial charge in [0.05, 0.1) is 22.5 Å². The quantitative estimate of drug-likeness (QED) is 0.763. The molecule has 0 saturated heterocycles. The van der Waals surface area contributed by atoms with E-state index in [-0.39, 0.29) is 5.91 Å². The minimum absolute atomic E-state index is 0.246. The van der Waals surface area contributed by atoms with Gasteiger partial charge in [0.15, 0.2) is 0 Å². The van der Waals surface area contributed by atoms with Crippen LogP contribution < -0.4 is 10.6 Å². The monoisotopic (exact) mass is 332 g/mol. The zero-order valence-electron chi connectivity index (χ0n) is 13.3. The summed E-state index contributed by atoms with van der Waals surface area (Å²) in [6.07, 6.45) is 2.67. The molecule has 0 bridgehead atoms. The van der Waals surface area contributed by atoms with E-state index >= 15 is 0 Å². The Labute approximate surface area is 141 Å². The van der Waals surface area contributed by atoms with Crippen LogP contribution in [-0.4, -0.2) is 43.0 Å². The zero-order chi connectivity index (χ0) is 16.7. The van der Waals surface area contributed by atoms with E-state index in [0.29, 0.717) is 16.3 Å².